The van der Waals surface area contributed by atoms with Crippen molar-refractivity contribution in [2.75, 3.05) is 6.54 Å². The minimum atomic E-state index is -0.706. The minimum absolute atomic E-state index is 0.309. The molecule has 92 valence electrons. The molecule has 0 fully saturated rings. The van der Waals surface area contributed by atoms with Gasteiger partial charge >= 0.3 is 12.1 Å². The lowest BCUT2D eigenvalue weighted by Crippen LogP contribution is -2.27. The third-order valence-corrected chi connectivity index (χ3v) is 2.15. The number of hydrogen-bond acceptors (Lipinski definition) is 4. The van der Waals surface area contributed by atoms with Gasteiger partial charge in [0.1, 0.15) is 0 Å². The molecule has 0 spiro atoms. The Bertz CT molecular complexity index is 365. The van der Waals surface area contributed by atoms with Crippen LogP contribution in [0.15, 0.2) is 24.5 Å². The van der Waals surface area contributed by atoms with Crippen molar-refractivity contribution in [3.8, 4) is 0 Å². The summed E-state index contributed by atoms with van der Waals surface area (Å²) in [6.07, 6.45) is 5.23. The zero-order valence-corrected chi connectivity index (χ0v) is 9.81. The van der Waals surface area contributed by atoms with Crippen molar-refractivity contribution < 1.29 is 14.3 Å². The summed E-state index contributed by atoms with van der Waals surface area (Å²) in [6.45, 7) is 2.60. The summed E-state index contributed by atoms with van der Waals surface area (Å²) in [5.41, 5.74) is 0.309. The maximum atomic E-state index is 11.4. The van der Waals surface area contributed by atoms with Crippen LogP contribution < -0.4 is 5.32 Å². The standard InChI is InChI=1S/C12H16N2O3/c1-2-3-4-7-14-12(16)17-11(15)10-5-8-13-9-6-10/h5-6,8-9H,2-4,7H2,1H3,(H,14,16). The summed E-state index contributed by atoms with van der Waals surface area (Å²) in [4.78, 5) is 26.4. The molecule has 17 heavy (non-hydrogen) atoms. The SMILES string of the molecule is CCCCCNC(=O)OC(=O)c1ccncc1. The zero-order valence-electron chi connectivity index (χ0n) is 9.81. The monoisotopic (exact) mass is 236 g/mol. The molecule has 0 unspecified atom stereocenters. The Balaban J connectivity index is 2.29. The summed E-state index contributed by atoms with van der Waals surface area (Å²) in [7, 11) is 0. The summed E-state index contributed by atoms with van der Waals surface area (Å²) >= 11 is 0. The number of nitrogens with one attached hydrogen (secondary N) is 1. The largest absolute Gasteiger partial charge is 0.415 e. The van der Waals surface area contributed by atoms with Gasteiger partial charge in [0.2, 0.25) is 0 Å². The molecular formula is C12H16N2O3. The molecule has 0 aliphatic carbocycles. The highest BCUT2D eigenvalue weighted by Crippen LogP contribution is 1.99. The van der Waals surface area contributed by atoms with Crippen molar-refractivity contribution in [3.63, 3.8) is 0 Å². The van der Waals surface area contributed by atoms with Gasteiger partial charge in [0, 0.05) is 18.9 Å². The minimum Gasteiger partial charge on any atom is -0.373 e. The number of unbranched alkanes of at least 4 members (excludes halogenated alkanes) is 2. The van der Waals surface area contributed by atoms with Crippen LogP contribution in [0.2, 0.25) is 0 Å². The molecule has 1 aromatic rings. The third kappa shape index (κ3) is 5.10. The van der Waals surface area contributed by atoms with Gasteiger partial charge in [-0.05, 0) is 18.6 Å². The van der Waals surface area contributed by atoms with E-state index in [1.807, 2.05) is 0 Å². The second-order valence-electron chi connectivity index (χ2n) is 3.55. The Labute approximate surface area is 100 Å². The Morgan fingerprint density at radius 3 is 2.65 bits per heavy atom. The molecule has 0 bridgehead atoms. The fourth-order valence-corrected chi connectivity index (χ4v) is 1.23. The average molecular weight is 236 g/mol. The molecule has 0 saturated heterocycles. The van der Waals surface area contributed by atoms with E-state index in [4.69, 9.17) is 0 Å². The van der Waals surface area contributed by atoms with Crippen molar-refractivity contribution in [3.05, 3.63) is 30.1 Å². The van der Waals surface area contributed by atoms with Crippen molar-refractivity contribution in [1.82, 2.24) is 10.3 Å². The van der Waals surface area contributed by atoms with Crippen LogP contribution in [0.4, 0.5) is 4.79 Å². The normalized spacial score (nSPS) is 9.71. The van der Waals surface area contributed by atoms with Crippen molar-refractivity contribution in [2.45, 2.75) is 26.2 Å². The number of amides is 1. The number of alkyl carbamates (subject to hydrolysis) is 1. The Morgan fingerprint density at radius 1 is 1.29 bits per heavy atom. The van der Waals surface area contributed by atoms with Gasteiger partial charge in [-0.15, -0.1) is 0 Å². The van der Waals surface area contributed by atoms with E-state index in [1.165, 1.54) is 24.5 Å². The smallest absolute Gasteiger partial charge is 0.373 e. The van der Waals surface area contributed by atoms with Crippen LogP contribution >= 0.6 is 0 Å². The maximum absolute atomic E-state index is 11.4. The van der Waals surface area contributed by atoms with E-state index in [-0.39, 0.29) is 0 Å². The topological polar surface area (TPSA) is 68.3 Å². The van der Waals surface area contributed by atoms with E-state index >= 15 is 0 Å². The van der Waals surface area contributed by atoms with Crippen LogP contribution in [0.5, 0.6) is 0 Å². The van der Waals surface area contributed by atoms with Crippen LogP contribution in [0.25, 0.3) is 0 Å². The van der Waals surface area contributed by atoms with Crippen LogP contribution in [-0.2, 0) is 4.74 Å². The first-order chi connectivity index (χ1) is 8.24. The number of esters is 1. The van der Waals surface area contributed by atoms with Crippen LogP contribution in [0.3, 0.4) is 0 Å². The van der Waals surface area contributed by atoms with Gasteiger partial charge in [0.25, 0.3) is 0 Å². The van der Waals surface area contributed by atoms with Gasteiger partial charge in [-0.3, -0.25) is 4.98 Å². The number of pyridine rings is 1. The molecule has 0 radical (unpaired) electrons. The zero-order chi connectivity index (χ0) is 12.5. The van der Waals surface area contributed by atoms with Crippen molar-refractivity contribution in [2.24, 2.45) is 0 Å². The number of nitrogens with zero attached hydrogens (tertiary/aromatic N) is 1. The van der Waals surface area contributed by atoms with Gasteiger partial charge in [0.05, 0.1) is 5.56 Å². The third-order valence-electron chi connectivity index (χ3n) is 2.15. The quantitative estimate of drug-likeness (QED) is 0.483. The first-order valence-electron chi connectivity index (χ1n) is 5.64. The molecule has 1 N–H and O–H groups in total. The van der Waals surface area contributed by atoms with Gasteiger partial charge in [-0.25, -0.2) is 9.59 Å². The Morgan fingerprint density at radius 2 is 2.00 bits per heavy atom. The molecule has 5 nitrogen and oxygen atoms in total. The molecule has 1 amide bonds. The van der Waals surface area contributed by atoms with Crippen molar-refractivity contribution in [1.29, 1.82) is 0 Å². The van der Waals surface area contributed by atoms with Gasteiger partial charge in [-0.2, -0.15) is 0 Å². The number of carbonyl (C=O) groups is 2. The number of aromatic nitrogens is 1. The Hall–Kier alpha value is -1.91. The first-order valence-corrected chi connectivity index (χ1v) is 5.64. The van der Waals surface area contributed by atoms with E-state index in [1.54, 1.807) is 0 Å². The number of hydrogen-bond donors (Lipinski definition) is 1. The fourth-order valence-electron chi connectivity index (χ4n) is 1.23. The van der Waals surface area contributed by atoms with E-state index in [2.05, 4.69) is 22.0 Å². The molecular weight excluding hydrogens is 220 g/mol. The summed E-state index contributed by atoms with van der Waals surface area (Å²) < 4.78 is 4.60. The number of ether oxygens (including phenoxy) is 1. The molecule has 0 aromatic carbocycles. The maximum Gasteiger partial charge on any atom is 0.415 e. The van der Waals surface area contributed by atoms with E-state index in [0.717, 1.165) is 19.3 Å². The lowest BCUT2D eigenvalue weighted by atomic mass is 10.2. The molecule has 1 aromatic heterocycles. The summed E-state index contributed by atoms with van der Waals surface area (Å²) in [6, 6.07) is 2.99. The summed E-state index contributed by atoms with van der Waals surface area (Å²) in [5.74, 6) is -0.666. The molecule has 1 rings (SSSR count). The number of carbonyl (C=O) groups excluding carboxylic acids is 2. The van der Waals surface area contributed by atoms with Gasteiger partial charge in [0.15, 0.2) is 0 Å². The second kappa shape index (κ2) is 7.38. The molecule has 1 heterocycles. The Kier molecular flexibility index (Phi) is 5.71. The molecule has 0 saturated carbocycles. The van der Waals surface area contributed by atoms with Gasteiger partial charge in [-0.1, -0.05) is 19.8 Å². The van der Waals surface area contributed by atoms with E-state index < -0.39 is 12.1 Å². The first kappa shape index (κ1) is 13.2. The van der Waals surface area contributed by atoms with Crippen LogP contribution in [0, 0.1) is 0 Å². The second-order valence-corrected chi connectivity index (χ2v) is 3.55. The predicted octanol–water partition coefficient (Wildman–Crippen LogP) is 2.14. The average Bonchev–Trinajstić information content (AvgIpc) is 2.36. The highest BCUT2D eigenvalue weighted by atomic mass is 16.6. The molecule has 0 atom stereocenters. The molecule has 0 aliphatic rings. The number of rotatable bonds is 5. The van der Waals surface area contributed by atoms with Crippen molar-refractivity contribution >= 4 is 12.1 Å². The lowest BCUT2D eigenvalue weighted by molar-refractivity contribution is 0.0622. The highest BCUT2D eigenvalue weighted by Gasteiger charge is 2.11. The highest BCUT2D eigenvalue weighted by molar-refractivity contribution is 5.96. The van der Waals surface area contributed by atoms with Crippen LogP contribution in [0.1, 0.15) is 36.5 Å². The summed E-state index contributed by atoms with van der Waals surface area (Å²) in [5, 5.41) is 2.52. The van der Waals surface area contributed by atoms with E-state index in [0.29, 0.717) is 12.1 Å². The predicted molar refractivity (Wildman–Crippen MR) is 62.6 cm³/mol. The molecule has 0 aliphatic heterocycles. The molecule has 5 heteroatoms. The van der Waals surface area contributed by atoms with E-state index in [9.17, 15) is 9.59 Å². The van der Waals surface area contributed by atoms with Gasteiger partial charge < -0.3 is 10.1 Å². The van der Waals surface area contributed by atoms with Crippen LogP contribution in [-0.4, -0.2) is 23.6 Å². The fraction of sp³-hybridized carbons (Fsp3) is 0.417. The lowest BCUT2D eigenvalue weighted by Gasteiger charge is -2.04.